The summed E-state index contributed by atoms with van der Waals surface area (Å²) in [5.41, 5.74) is 1.70. The first-order chi connectivity index (χ1) is 8.76. The minimum atomic E-state index is -0.206. The first-order valence-electron chi connectivity index (χ1n) is 5.86. The van der Waals surface area contributed by atoms with E-state index in [4.69, 9.17) is 0 Å². The van der Waals surface area contributed by atoms with E-state index in [1.54, 1.807) is 0 Å². The van der Waals surface area contributed by atoms with Crippen molar-refractivity contribution in [2.45, 2.75) is 19.4 Å². The Kier molecular flexibility index (Phi) is 3.77. The number of aryl methyl sites for hydroxylation is 1. The normalized spacial score (nSPS) is 10.5. The number of rotatable bonds is 5. The molecule has 0 fully saturated rings. The van der Waals surface area contributed by atoms with Gasteiger partial charge >= 0.3 is 5.97 Å². The molecule has 1 aromatic heterocycles. The monoisotopic (exact) mass is 245 g/mol. The average molecular weight is 245 g/mol. The summed E-state index contributed by atoms with van der Waals surface area (Å²) in [6, 6.07) is 7.75. The van der Waals surface area contributed by atoms with E-state index in [9.17, 15) is 9.59 Å². The van der Waals surface area contributed by atoms with Crippen LogP contribution in [0.3, 0.4) is 0 Å². The molecule has 0 radical (unpaired) electrons. The van der Waals surface area contributed by atoms with Crippen molar-refractivity contribution in [2.24, 2.45) is 0 Å². The first-order valence-corrected chi connectivity index (χ1v) is 5.86. The van der Waals surface area contributed by atoms with Crippen molar-refractivity contribution in [1.82, 2.24) is 4.57 Å². The van der Waals surface area contributed by atoms with Crippen molar-refractivity contribution < 1.29 is 14.3 Å². The SMILES string of the molecule is COC(=O)CCCn1cc(C=O)c2ccccc21. The summed E-state index contributed by atoms with van der Waals surface area (Å²) in [5.74, 6) is -0.206. The van der Waals surface area contributed by atoms with Crippen LogP contribution in [-0.4, -0.2) is 23.9 Å². The lowest BCUT2D eigenvalue weighted by atomic mass is 10.2. The molecule has 0 atom stereocenters. The average Bonchev–Trinajstić information content (AvgIpc) is 2.77. The highest BCUT2D eigenvalue weighted by Gasteiger charge is 2.07. The molecule has 0 aliphatic carbocycles. The van der Waals surface area contributed by atoms with Gasteiger partial charge in [-0.3, -0.25) is 9.59 Å². The van der Waals surface area contributed by atoms with E-state index < -0.39 is 0 Å². The highest BCUT2D eigenvalue weighted by atomic mass is 16.5. The predicted molar refractivity (Wildman–Crippen MR) is 68.6 cm³/mol. The molecule has 0 saturated carbocycles. The van der Waals surface area contributed by atoms with Crippen LogP contribution in [0.15, 0.2) is 30.5 Å². The van der Waals surface area contributed by atoms with E-state index >= 15 is 0 Å². The third-order valence-corrected chi connectivity index (χ3v) is 2.95. The second kappa shape index (κ2) is 5.49. The fourth-order valence-corrected chi connectivity index (χ4v) is 2.05. The molecule has 18 heavy (non-hydrogen) atoms. The Morgan fingerprint density at radius 1 is 1.39 bits per heavy atom. The molecule has 4 nitrogen and oxygen atoms in total. The lowest BCUT2D eigenvalue weighted by Gasteiger charge is -2.04. The van der Waals surface area contributed by atoms with E-state index in [0.717, 1.165) is 17.2 Å². The van der Waals surface area contributed by atoms with Crippen LogP contribution in [0.25, 0.3) is 10.9 Å². The summed E-state index contributed by atoms with van der Waals surface area (Å²) in [5, 5.41) is 0.950. The van der Waals surface area contributed by atoms with Crippen LogP contribution in [0.5, 0.6) is 0 Å². The molecule has 2 rings (SSSR count). The summed E-state index contributed by atoms with van der Waals surface area (Å²) >= 11 is 0. The van der Waals surface area contributed by atoms with Gasteiger partial charge in [-0.2, -0.15) is 0 Å². The molecule has 0 bridgehead atoms. The van der Waals surface area contributed by atoms with Crippen LogP contribution >= 0.6 is 0 Å². The van der Waals surface area contributed by atoms with Gasteiger partial charge in [0.1, 0.15) is 0 Å². The standard InChI is InChI=1S/C14H15NO3/c1-18-14(17)7-4-8-15-9-11(10-16)12-5-2-3-6-13(12)15/h2-3,5-6,9-10H,4,7-8H2,1H3. The zero-order chi connectivity index (χ0) is 13.0. The van der Waals surface area contributed by atoms with E-state index in [2.05, 4.69) is 4.74 Å². The van der Waals surface area contributed by atoms with Crippen molar-refractivity contribution >= 4 is 23.2 Å². The van der Waals surface area contributed by atoms with E-state index in [-0.39, 0.29) is 5.97 Å². The molecular formula is C14H15NO3. The number of aldehydes is 1. The number of ether oxygens (including phenoxy) is 1. The third-order valence-electron chi connectivity index (χ3n) is 2.95. The van der Waals surface area contributed by atoms with Crippen molar-refractivity contribution in [3.8, 4) is 0 Å². The van der Waals surface area contributed by atoms with Gasteiger partial charge in [0.2, 0.25) is 0 Å². The zero-order valence-corrected chi connectivity index (χ0v) is 10.3. The largest absolute Gasteiger partial charge is 0.469 e. The van der Waals surface area contributed by atoms with Gasteiger partial charge in [0.25, 0.3) is 0 Å². The second-order valence-electron chi connectivity index (χ2n) is 4.09. The Morgan fingerprint density at radius 3 is 2.89 bits per heavy atom. The van der Waals surface area contributed by atoms with Gasteiger partial charge in [-0.25, -0.2) is 0 Å². The summed E-state index contributed by atoms with van der Waals surface area (Å²) in [4.78, 5) is 22.0. The molecule has 0 aliphatic rings. The molecule has 1 aromatic carbocycles. The number of hydrogen-bond donors (Lipinski definition) is 0. The minimum Gasteiger partial charge on any atom is -0.469 e. The summed E-state index contributed by atoms with van der Waals surface area (Å²) in [7, 11) is 1.39. The number of methoxy groups -OCH3 is 1. The number of benzene rings is 1. The van der Waals surface area contributed by atoms with Crippen LogP contribution in [0, 0.1) is 0 Å². The van der Waals surface area contributed by atoms with Crippen molar-refractivity contribution in [1.29, 1.82) is 0 Å². The third kappa shape index (κ3) is 2.42. The van der Waals surface area contributed by atoms with Gasteiger partial charge in [-0.05, 0) is 12.5 Å². The smallest absolute Gasteiger partial charge is 0.305 e. The number of carbonyl (C=O) groups is 2. The van der Waals surface area contributed by atoms with Gasteiger partial charge in [0.15, 0.2) is 6.29 Å². The Morgan fingerprint density at radius 2 is 2.17 bits per heavy atom. The van der Waals surface area contributed by atoms with Crippen molar-refractivity contribution in [3.05, 3.63) is 36.0 Å². The van der Waals surface area contributed by atoms with Crippen LogP contribution in [0.1, 0.15) is 23.2 Å². The Balaban J connectivity index is 2.18. The lowest BCUT2D eigenvalue weighted by molar-refractivity contribution is -0.140. The Hall–Kier alpha value is -2.10. The van der Waals surface area contributed by atoms with E-state index in [0.29, 0.717) is 24.9 Å². The molecular weight excluding hydrogens is 230 g/mol. The molecule has 0 amide bonds. The number of fused-ring (bicyclic) bond motifs is 1. The topological polar surface area (TPSA) is 48.3 Å². The summed E-state index contributed by atoms with van der Waals surface area (Å²) in [6.45, 7) is 0.698. The van der Waals surface area contributed by atoms with Gasteiger partial charge in [0, 0.05) is 35.6 Å². The molecule has 0 saturated heterocycles. The quantitative estimate of drug-likeness (QED) is 0.600. The predicted octanol–water partition coefficient (Wildman–Crippen LogP) is 2.41. The molecule has 0 aliphatic heterocycles. The lowest BCUT2D eigenvalue weighted by Crippen LogP contribution is -2.03. The van der Waals surface area contributed by atoms with Crippen LogP contribution in [0.2, 0.25) is 0 Å². The summed E-state index contributed by atoms with van der Waals surface area (Å²) < 4.78 is 6.60. The van der Waals surface area contributed by atoms with E-state index in [1.165, 1.54) is 7.11 Å². The maximum Gasteiger partial charge on any atom is 0.305 e. The fourth-order valence-electron chi connectivity index (χ4n) is 2.05. The van der Waals surface area contributed by atoms with Crippen LogP contribution in [-0.2, 0) is 16.1 Å². The maximum atomic E-state index is 11.0. The molecule has 4 heteroatoms. The molecule has 1 heterocycles. The van der Waals surface area contributed by atoms with Crippen LogP contribution < -0.4 is 0 Å². The second-order valence-corrected chi connectivity index (χ2v) is 4.09. The van der Waals surface area contributed by atoms with Gasteiger partial charge in [-0.15, -0.1) is 0 Å². The van der Waals surface area contributed by atoms with Gasteiger partial charge in [-0.1, -0.05) is 18.2 Å². The van der Waals surface area contributed by atoms with Gasteiger partial charge in [0.05, 0.1) is 7.11 Å². The van der Waals surface area contributed by atoms with Gasteiger partial charge < -0.3 is 9.30 Å². The molecule has 0 N–H and O–H groups in total. The number of carbonyl (C=O) groups excluding carboxylic acids is 2. The number of esters is 1. The fraction of sp³-hybridized carbons (Fsp3) is 0.286. The molecule has 0 spiro atoms. The number of hydrogen-bond acceptors (Lipinski definition) is 3. The van der Waals surface area contributed by atoms with Crippen molar-refractivity contribution in [3.63, 3.8) is 0 Å². The first kappa shape index (κ1) is 12.4. The van der Waals surface area contributed by atoms with Crippen LogP contribution in [0.4, 0.5) is 0 Å². The van der Waals surface area contributed by atoms with Crippen molar-refractivity contribution in [2.75, 3.05) is 7.11 Å². The van der Waals surface area contributed by atoms with E-state index in [1.807, 2.05) is 35.0 Å². The minimum absolute atomic E-state index is 0.206. The molecule has 0 unspecified atom stereocenters. The highest BCUT2D eigenvalue weighted by Crippen LogP contribution is 2.20. The zero-order valence-electron chi connectivity index (χ0n) is 10.3. The maximum absolute atomic E-state index is 11.0. The summed E-state index contributed by atoms with van der Waals surface area (Å²) in [6.07, 6.45) is 3.77. The number of para-hydroxylation sites is 1. The number of aromatic nitrogens is 1. The Bertz CT molecular complexity index is 571. The highest BCUT2D eigenvalue weighted by molar-refractivity contribution is 5.97. The molecule has 94 valence electrons. The number of nitrogens with zero attached hydrogens (tertiary/aromatic N) is 1. The molecule has 2 aromatic rings. The Labute approximate surface area is 105 Å².